The van der Waals surface area contributed by atoms with Gasteiger partial charge in [0.1, 0.15) is 11.3 Å². The normalized spacial score (nSPS) is 8.86. The number of phenols is 1. The molecule has 0 bridgehead atoms. The number of aromatic carboxylic acids is 2. The molecule has 0 unspecified atom stereocenters. The van der Waals surface area contributed by atoms with Gasteiger partial charge in [0.05, 0.1) is 5.56 Å². The molecule has 0 atom stereocenters. The van der Waals surface area contributed by atoms with E-state index in [0.29, 0.717) is 0 Å². The molecule has 0 aliphatic heterocycles. The van der Waals surface area contributed by atoms with Gasteiger partial charge in [-0.3, -0.25) is 0 Å². The Balaban J connectivity index is 0.00000169. The first-order chi connectivity index (χ1) is 6.04. The Morgan fingerprint density at radius 3 is 2.00 bits per heavy atom. The van der Waals surface area contributed by atoms with Gasteiger partial charge in [-0.1, -0.05) is 6.07 Å². The Hall–Kier alpha value is -0.780. The minimum atomic E-state index is -1.46. The largest absolute Gasteiger partial charge is 0.507 e. The first-order valence-corrected chi connectivity index (χ1v) is 3.32. The predicted molar refractivity (Wildman–Crippen MR) is 47.8 cm³/mol. The van der Waals surface area contributed by atoms with E-state index < -0.39 is 28.8 Å². The van der Waals surface area contributed by atoms with E-state index in [1.165, 1.54) is 6.07 Å². The van der Waals surface area contributed by atoms with Crippen molar-refractivity contribution in [3.63, 3.8) is 0 Å². The maximum Gasteiger partial charge on any atom is 0.340 e. The molecule has 0 amide bonds. The minimum absolute atomic E-state index is 0. The van der Waals surface area contributed by atoms with Gasteiger partial charge in [0, 0.05) is 37.7 Å². The third kappa shape index (κ3) is 2.60. The van der Waals surface area contributed by atoms with E-state index in [4.69, 9.17) is 15.3 Å². The summed E-state index contributed by atoms with van der Waals surface area (Å²) in [5.41, 5.74) is -1.01. The van der Waals surface area contributed by atoms with Crippen molar-refractivity contribution < 1.29 is 24.9 Å². The van der Waals surface area contributed by atoms with E-state index >= 15 is 0 Å². The van der Waals surface area contributed by atoms with Crippen LogP contribution in [0.2, 0.25) is 0 Å². The smallest absolute Gasteiger partial charge is 0.340 e. The number of rotatable bonds is 2. The Labute approximate surface area is 109 Å². The van der Waals surface area contributed by atoms with E-state index in [0.717, 1.165) is 12.1 Å². The summed E-state index contributed by atoms with van der Waals surface area (Å²) < 4.78 is 0. The van der Waals surface area contributed by atoms with Crippen LogP contribution in [0.15, 0.2) is 18.2 Å². The third-order valence-electron chi connectivity index (χ3n) is 1.49. The van der Waals surface area contributed by atoms with Crippen LogP contribution in [-0.4, -0.2) is 65.0 Å². The fourth-order valence-electron chi connectivity index (χ4n) is 0.943. The topological polar surface area (TPSA) is 94.8 Å². The second kappa shape index (κ2) is 5.19. The van der Waals surface area contributed by atoms with Crippen LogP contribution >= 0.6 is 0 Å². The van der Waals surface area contributed by atoms with Crippen LogP contribution < -0.4 is 0 Å². The molecule has 1 aromatic rings. The van der Waals surface area contributed by atoms with Crippen molar-refractivity contribution in [2.75, 3.05) is 0 Å². The van der Waals surface area contributed by atoms with Gasteiger partial charge in [0.2, 0.25) is 0 Å². The molecule has 0 aliphatic rings. The molecule has 1 rings (SSSR count). The first-order valence-electron chi connectivity index (χ1n) is 3.32. The molecule has 5 nitrogen and oxygen atoms in total. The zero-order valence-corrected chi connectivity index (χ0v) is 9.31. The summed E-state index contributed by atoms with van der Waals surface area (Å²) in [4.78, 5) is 21.0. The van der Waals surface area contributed by atoms with Gasteiger partial charge >= 0.3 is 11.9 Å². The van der Waals surface area contributed by atoms with Gasteiger partial charge in [0.25, 0.3) is 0 Å². The van der Waals surface area contributed by atoms with Gasteiger partial charge in [-0.05, 0) is 12.1 Å². The molecule has 0 spiro atoms. The fourth-order valence-corrected chi connectivity index (χ4v) is 0.943. The standard InChI is InChI=1S/C8H6O5.Ca/c9-5-3-1-2-4(7(10)11)6(5)8(12)13;/h1-3,9H,(H,10,11)(H,12,13);. The zero-order valence-electron chi connectivity index (χ0n) is 7.10. The molecule has 0 heterocycles. The van der Waals surface area contributed by atoms with Crippen LogP contribution in [-0.2, 0) is 0 Å². The van der Waals surface area contributed by atoms with Gasteiger partial charge in [0.15, 0.2) is 0 Å². The average molecular weight is 222 g/mol. The van der Waals surface area contributed by atoms with Gasteiger partial charge in [-0.15, -0.1) is 0 Å². The second-order valence-electron chi connectivity index (χ2n) is 2.31. The van der Waals surface area contributed by atoms with E-state index in [9.17, 15) is 9.59 Å². The molecule has 0 fully saturated rings. The fraction of sp³-hybridized carbons (Fsp3) is 0. The summed E-state index contributed by atoms with van der Waals surface area (Å²) in [5, 5.41) is 26.2. The van der Waals surface area contributed by atoms with E-state index in [1.807, 2.05) is 0 Å². The van der Waals surface area contributed by atoms with E-state index in [2.05, 4.69) is 0 Å². The van der Waals surface area contributed by atoms with Crippen molar-refractivity contribution in [2.24, 2.45) is 0 Å². The molecule has 0 aliphatic carbocycles. The van der Waals surface area contributed by atoms with Gasteiger partial charge in [-0.25, -0.2) is 9.59 Å². The third-order valence-corrected chi connectivity index (χ3v) is 1.49. The van der Waals surface area contributed by atoms with Gasteiger partial charge in [-0.2, -0.15) is 0 Å². The molecule has 1 aromatic carbocycles. The Morgan fingerprint density at radius 1 is 1.07 bits per heavy atom. The van der Waals surface area contributed by atoms with Crippen LogP contribution in [0.5, 0.6) is 5.75 Å². The minimum Gasteiger partial charge on any atom is -0.507 e. The van der Waals surface area contributed by atoms with Crippen LogP contribution in [0.25, 0.3) is 0 Å². The number of carboxylic acid groups (broad SMARTS) is 2. The van der Waals surface area contributed by atoms with Crippen molar-refractivity contribution in [3.8, 4) is 5.75 Å². The number of hydrogen-bond acceptors (Lipinski definition) is 3. The molecular formula is C8H6CaO5. The van der Waals surface area contributed by atoms with Crippen molar-refractivity contribution in [3.05, 3.63) is 29.3 Å². The molecule has 0 aromatic heterocycles. The summed E-state index contributed by atoms with van der Waals surface area (Å²) >= 11 is 0. The summed E-state index contributed by atoms with van der Waals surface area (Å²) in [6.07, 6.45) is 0. The van der Waals surface area contributed by atoms with Crippen molar-refractivity contribution in [1.29, 1.82) is 0 Å². The molecule has 14 heavy (non-hydrogen) atoms. The van der Waals surface area contributed by atoms with Crippen LogP contribution in [0.4, 0.5) is 0 Å². The van der Waals surface area contributed by atoms with Crippen molar-refractivity contribution in [2.45, 2.75) is 0 Å². The molecule has 70 valence electrons. The van der Waals surface area contributed by atoms with Gasteiger partial charge < -0.3 is 15.3 Å². The van der Waals surface area contributed by atoms with E-state index in [-0.39, 0.29) is 37.7 Å². The maximum absolute atomic E-state index is 10.5. The molecule has 0 saturated carbocycles. The molecule has 0 saturated heterocycles. The predicted octanol–water partition coefficient (Wildman–Crippen LogP) is 0.408. The Bertz CT molecular complexity index is 374. The molecule has 6 heteroatoms. The Kier molecular flexibility index (Phi) is 4.90. The monoisotopic (exact) mass is 222 g/mol. The van der Waals surface area contributed by atoms with E-state index in [1.54, 1.807) is 0 Å². The summed E-state index contributed by atoms with van der Waals surface area (Å²) in [5.74, 6) is -3.39. The average Bonchev–Trinajstić information content (AvgIpc) is 2.02. The molecule has 2 radical (unpaired) electrons. The number of benzene rings is 1. The number of carbonyl (C=O) groups is 2. The van der Waals surface area contributed by atoms with Crippen molar-refractivity contribution >= 4 is 49.7 Å². The van der Waals surface area contributed by atoms with Crippen LogP contribution in [0.3, 0.4) is 0 Å². The summed E-state index contributed by atoms with van der Waals surface area (Å²) in [7, 11) is 0. The second-order valence-corrected chi connectivity index (χ2v) is 2.31. The van der Waals surface area contributed by atoms with Crippen LogP contribution in [0.1, 0.15) is 20.7 Å². The number of hydrogen-bond donors (Lipinski definition) is 3. The van der Waals surface area contributed by atoms with Crippen LogP contribution in [0, 0.1) is 0 Å². The number of carboxylic acids is 2. The molecule has 3 N–H and O–H groups in total. The Morgan fingerprint density at radius 2 is 1.64 bits per heavy atom. The first kappa shape index (κ1) is 13.2. The SMILES string of the molecule is O=C(O)c1cccc(O)c1C(=O)O.[Ca]. The zero-order chi connectivity index (χ0) is 10.0. The summed E-state index contributed by atoms with van der Waals surface area (Å²) in [6.45, 7) is 0. The number of aromatic hydroxyl groups is 1. The molecular weight excluding hydrogens is 216 g/mol. The summed E-state index contributed by atoms with van der Waals surface area (Å²) in [6, 6.07) is 3.51. The maximum atomic E-state index is 10.5. The quantitative estimate of drug-likeness (QED) is 0.630. The van der Waals surface area contributed by atoms with Crippen molar-refractivity contribution in [1.82, 2.24) is 0 Å².